The van der Waals surface area contributed by atoms with Gasteiger partial charge in [0, 0.05) is 17.1 Å². The second-order valence-electron chi connectivity index (χ2n) is 2.64. The molecule has 0 aliphatic rings. The Balaban J connectivity index is 2.93. The third-order valence-electron chi connectivity index (χ3n) is 1.86. The van der Waals surface area contributed by atoms with Crippen LogP contribution in [0.1, 0.15) is 5.56 Å². The highest BCUT2D eigenvalue weighted by atomic mass is 35.5. The average molecular weight is 166 g/mol. The van der Waals surface area contributed by atoms with Crippen LogP contribution in [0.2, 0.25) is 5.02 Å². The van der Waals surface area contributed by atoms with Crippen molar-refractivity contribution in [1.82, 2.24) is 4.98 Å². The maximum atomic E-state index is 6.05. The van der Waals surface area contributed by atoms with Crippen LogP contribution >= 0.6 is 11.6 Å². The number of hydrogen-bond acceptors (Lipinski definition) is 0. The molecular weight excluding hydrogens is 158 g/mol. The molecule has 0 radical (unpaired) electrons. The highest BCUT2D eigenvalue weighted by Crippen LogP contribution is 2.25. The molecule has 1 heterocycles. The van der Waals surface area contributed by atoms with Crippen LogP contribution in [-0.4, -0.2) is 4.98 Å². The van der Waals surface area contributed by atoms with E-state index in [1.165, 1.54) is 0 Å². The normalized spacial score (nSPS) is 10.7. The Morgan fingerprint density at radius 1 is 1.27 bits per heavy atom. The fraction of sp³-hybridized carbons (Fsp3) is 0.111. The van der Waals surface area contributed by atoms with E-state index < -0.39 is 0 Å². The molecule has 1 aromatic heterocycles. The summed E-state index contributed by atoms with van der Waals surface area (Å²) in [5.74, 6) is 0. The van der Waals surface area contributed by atoms with Gasteiger partial charge in [-0.25, -0.2) is 0 Å². The van der Waals surface area contributed by atoms with E-state index in [9.17, 15) is 0 Å². The van der Waals surface area contributed by atoms with Gasteiger partial charge in [0.25, 0.3) is 0 Å². The van der Waals surface area contributed by atoms with E-state index in [-0.39, 0.29) is 0 Å². The van der Waals surface area contributed by atoms with Gasteiger partial charge < -0.3 is 4.98 Å². The van der Waals surface area contributed by atoms with E-state index in [1.54, 1.807) is 0 Å². The fourth-order valence-electron chi connectivity index (χ4n) is 1.21. The Labute approximate surface area is 70.0 Å². The molecule has 0 fully saturated rings. The Kier molecular flexibility index (Phi) is 1.40. The molecule has 11 heavy (non-hydrogen) atoms. The van der Waals surface area contributed by atoms with Crippen molar-refractivity contribution in [3.63, 3.8) is 0 Å². The summed E-state index contributed by atoms with van der Waals surface area (Å²) < 4.78 is 0. The lowest BCUT2D eigenvalue weighted by molar-refractivity contribution is 1.46. The minimum atomic E-state index is 0.851. The third-order valence-corrected chi connectivity index (χ3v) is 2.36. The first-order valence-corrected chi connectivity index (χ1v) is 3.89. The zero-order chi connectivity index (χ0) is 7.84. The van der Waals surface area contributed by atoms with Crippen LogP contribution < -0.4 is 0 Å². The molecule has 1 aromatic carbocycles. The smallest absolute Gasteiger partial charge is 0.0528 e. The van der Waals surface area contributed by atoms with Crippen LogP contribution in [0.3, 0.4) is 0 Å². The molecule has 0 amide bonds. The molecule has 1 N–H and O–H groups in total. The number of halogens is 1. The van der Waals surface area contributed by atoms with Gasteiger partial charge in [-0.1, -0.05) is 17.7 Å². The van der Waals surface area contributed by atoms with E-state index in [4.69, 9.17) is 11.6 Å². The van der Waals surface area contributed by atoms with Crippen LogP contribution in [0.15, 0.2) is 24.4 Å². The summed E-state index contributed by atoms with van der Waals surface area (Å²) >= 11 is 6.05. The van der Waals surface area contributed by atoms with Crippen LogP contribution in [0.5, 0.6) is 0 Å². The van der Waals surface area contributed by atoms with Crippen molar-refractivity contribution in [2.45, 2.75) is 6.92 Å². The molecule has 0 unspecified atom stereocenters. The number of aromatic amines is 1. The molecule has 2 rings (SSSR count). The van der Waals surface area contributed by atoms with Gasteiger partial charge in [0.15, 0.2) is 0 Å². The predicted octanol–water partition coefficient (Wildman–Crippen LogP) is 3.13. The minimum Gasteiger partial charge on any atom is -0.361 e. The molecule has 1 nitrogen and oxygen atoms in total. The second kappa shape index (κ2) is 2.28. The van der Waals surface area contributed by atoms with Crippen molar-refractivity contribution in [3.8, 4) is 0 Å². The molecule has 0 spiro atoms. The van der Waals surface area contributed by atoms with Gasteiger partial charge in [0.05, 0.1) is 5.02 Å². The van der Waals surface area contributed by atoms with Gasteiger partial charge >= 0.3 is 0 Å². The van der Waals surface area contributed by atoms with Crippen molar-refractivity contribution in [2.24, 2.45) is 0 Å². The standard InChI is InChI=1S/C9H8ClN/c1-6-2-3-8-7(9(6)10)4-5-11-8/h2-5,11H,1H3. The molecule has 0 saturated heterocycles. The number of aryl methyl sites for hydroxylation is 1. The summed E-state index contributed by atoms with van der Waals surface area (Å²) in [5, 5.41) is 1.95. The van der Waals surface area contributed by atoms with Crippen LogP contribution in [0.25, 0.3) is 10.9 Å². The van der Waals surface area contributed by atoms with E-state index in [1.807, 2.05) is 31.3 Å². The van der Waals surface area contributed by atoms with Crippen LogP contribution in [0.4, 0.5) is 0 Å². The fourth-order valence-corrected chi connectivity index (χ4v) is 1.43. The summed E-state index contributed by atoms with van der Waals surface area (Å²) in [5.41, 5.74) is 2.22. The molecule has 0 saturated carbocycles. The van der Waals surface area contributed by atoms with Gasteiger partial charge in [-0.15, -0.1) is 0 Å². The van der Waals surface area contributed by atoms with Crippen LogP contribution in [-0.2, 0) is 0 Å². The average Bonchev–Trinajstić information content (AvgIpc) is 2.45. The zero-order valence-electron chi connectivity index (χ0n) is 6.19. The first kappa shape index (κ1) is 6.74. The number of hydrogen-bond donors (Lipinski definition) is 1. The highest BCUT2D eigenvalue weighted by molar-refractivity contribution is 6.36. The van der Waals surface area contributed by atoms with Crippen molar-refractivity contribution >= 4 is 22.5 Å². The monoisotopic (exact) mass is 165 g/mol. The molecule has 0 atom stereocenters. The molecule has 0 aliphatic heterocycles. The van der Waals surface area contributed by atoms with Gasteiger partial charge in [-0.2, -0.15) is 0 Å². The summed E-state index contributed by atoms with van der Waals surface area (Å²) in [7, 11) is 0. The Bertz CT molecular complexity index is 389. The third kappa shape index (κ3) is 0.925. The van der Waals surface area contributed by atoms with Gasteiger partial charge in [0.2, 0.25) is 0 Å². The molecule has 0 aliphatic carbocycles. The molecule has 2 heteroatoms. The molecule has 0 bridgehead atoms. The van der Waals surface area contributed by atoms with Crippen molar-refractivity contribution in [2.75, 3.05) is 0 Å². The van der Waals surface area contributed by atoms with Gasteiger partial charge in [-0.3, -0.25) is 0 Å². The number of nitrogens with one attached hydrogen (secondary N) is 1. The van der Waals surface area contributed by atoms with Crippen molar-refractivity contribution in [3.05, 3.63) is 35.0 Å². The quantitative estimate of drug-likeness (QED) is 0.618. The van der Waals surface area contributed by atoms with E-state index in [0.717, 1.165) is 21.5 Å². The largest absolute Gasteiger partial charge is 0.361 e. The zero-order valence-corrected chi connectivity index (χ0v) is 6.94. The van der Waals surface area contributed by atoms with Gasteiger partial charge in [0.1, 0.15) is 0 Å². The topological polar surface area (TPSA) is 15.8 Å². The Hall–Kier alpha value is -0.950. The van der Waals surface area contributed by atoms with E-state index in [0.29, 0.717) is 0 Å². The number of H-pyrrole nitrogens is 1. The molecular formula is C9H8ClN. The predicted molar refractivity (Wildman–Crippen MR) is 48.0 cm³/mol. The summed E-state index contributed by atoms with van der Waals surface area (Å²) in [6.45, 7) is 2.01. The molecule has 56 valence electrons. The van der Waals surface area contributed by atoms with E-state index >= 15 is 0 Å². The number of fused-ring (bicyclic) bond motifs is 1. The second-order valence-corrected chi connectivity index (χ2v) is 3.01. The van der Waals surface area contributed by atoms with Gasteiger partial charge in [-0.05, 0) is 24.6 Å². The lowest BCUT2D eigenvalue weighted by Gasteiger charge is -1.97. The lowest BCUT2D eigenvalue weighted by atomic mass is 10.2. The summed E-state index contributed by atoms with van der Waals surface area (Å²) in [4.78, 5) is 3.10. The molecule has 2 aromatic rings. The maximum absolute atomic E-state index is 6.05. The Morgan fingerprint density at radius 2 is 2.09 bits per heavy atom. The highest BCUT2D eigenvalue weighted by Gasteiger charge is 2.00. The SMILES string of the molecule is Cc1ccc2[nH]ccc2c1Cl. The first-order valence-electron chi connectivity index (χ1n) is 3.51. The number of benzene rings is 1. The summed E-state index contributed by atoms with van der Waals surface area (Å²) in [6.07, 6.45) is 1.90. The maximum Gasteiger partial charge on any atom is 0.0528 e. The number of aromatic nitrogens is 1. The van der Waals surface area contributed by atoms with E-state index in [2.05, 4.69) is 4.98 Å². The first-order chi connectivity index (χ1) is 5.29. The minimum absolute atomic E-state index is 0.851. The number of rotatable bonds is 0. The van der Waals surface area contributed by atoms with Crippen molar-refractivity contribution < 1.29 is 0 Å². The Morgan fingerprint density at radius 3 is 2.91 bits per heavy atom. The lowest BCUT2D eigenvalue weighted by Crippen LogP contribution is -1.74. The summed E-state index contributed by atoms with van der Waals surface area (Å²) in [6, 6.07) is 6.04. The van der Waals surface area contributed by atoms with Crippen LogP contribution in [0, 0.1) is 6.92 Å². The van der Waals surface area contributed by atoms with Crippen molar-refractivity contribution in [1.29, 1.82) is 0 Å².